The standard InChI is InChI=1S/C20H39N5O3/c1-7-21-18(23-12-11-22-16(3)26)25-13-9-17(10-14-25)15-24(8-2)19(27)28-20(4,5)6/h17H,7-15H2,1-6H3,(H,21,23)(H,22,26). The van der Waals surface area contributed by atoms with Crippen molar-refractivity contribution in [2.24, 2.45) is 10.9 Å². The largest absolute Gasteiger partial charge is 0.444 e. The van der Waals surface area contributed by atoms with Crippen molar-refractivity contribution in [1.29, 1.82) is 0 Å². The minimum atomic E-state index is -0.470. The SMILES string of the molecule is CCNC(=NCCNC(C)=O)N1CCC(CN(CC)C(=O)OC(C)(C)C)CC1. The van der Waals surface area contributed by atoms with Crippen LogP contribution in [-0.4, -0.2) is 79.2 Å². The molecule has 1 heterocycles. The van der Waals surface area contributed by atoms with E-state index in [1.807, 2.05) is 27.7 Å². The Morgan fingerprint density at radius 1 is 1.18 bits per heavy atom. The molecule has 1 aliphatic heterocycles. The summed E-state index contributed by atoms with van der Waals surface area (Å²) in [6.45, 7) is 16.3. The predicted octanol–water partition coefficient (Wildman–Crippen LogP) is 2.06. The highest BCUT2D eigenvalue weighted by Gasteiger charge is 2.27. The summed E-state index contributed by atoms with van der Waals surface area (Å²) in [6.07, 6.45) is 1.79. The van der Waals surface area contributed by atoms with Crippen LogP contribution in [-0.2, 0) is 9.53 Å². The number of carbonyl (C=O) groups is 2. The highest BCUT2D eigenvalue weighted by Crippen LogP contribution is 2.20. The number of ether oxygens (including phenoxy) is 1. The van der Waals surface area contributed by atoms with Crippen LogP contribution >= 0.6 is 0 Å². The number of nitrogens with one attached hydrogen (secondary N) is 2. The van der Waals surface area contributed by atoms with Crippen LogP contribution < -0.4 is 10.6 Å². The van der Waals surface area contributed by atoms with Gasteiger partial charge in [0.2, 0.25) is 5.91 Å². The molecule has 162 valence electrons. The molecule has 1 rings (SSSR count). The average molecular weight is 398 g/mol. The maximum atomic E-state index is 12.4. The Balaban J connectivity index is 2.53. The zero-order valence-electron chi connectivity index (χ0n) is 18.5. The summed E-state index contributed by atoms with van der Waals surface area (Å²) in [5.74, 6) is 1.32. The molecular weight excluding hydrogens is 358 g/mol. The summed E-state index contributed by atoms with van der Waals surface area (Å²) in [5, 5.41) is 6.10. The van der Waals surface area contributed by atoms with Crippen LogP contribution in [0.5, 0.6) is 0 Å². The molecule has 1 saturated heterocycles. The van der Waals surface area contributed by atoms with Crippen molar-refractivity contribution in [3.63, 3.8) is 0 Å². The first-order chi connectivity index (χ1) is 13.2. The van der Waals surface area contributed by atoms with E-state index in [2.05, 4.69) is 27.4 Å². The number of amides is 2. The zero-order valence-corrected chi connectivity index (χ0v) is 18.5. The summed E-state index contributed by atoms with van der Waals surface area (Å²) in [7, 11) is 0. The number of carbonyl (C=O) groups excluding carboxylic acids is 2. The second-order valence-electron chi connectivity index (χ2n) is 8.17. The molecule has 1 aliphatic rings. The topological polar surface area (TPSA) is 86.3 Å². The van der Waals surface area contributed by atoms with E-state index in [1.165, 1.54) is 6.92 Å². The van der Waals surface area contributed by atoms with Gasteiger partial charge in [-0.25, -0.2) is 4.79 Å². The van der Waals surface area contributed by atoms with Crippen LogP contribution in [0, 0.1) is 5.92 Å². The van der Waals surface area contributed by atoms with Crippen LogP contribution in [0.25, 0.3) is 0 Å². The molecule has 0 bridgehead atoms. The number of aliphatic imine (C=N–C) groups is 1. The number of hydrogen-bond acceptors (Lipinski definition) is 4. The van der Waals surface area contributed by atoms with Crippen molar-refractivity contribution >= 4 is 18.0 Å². The highest BCUT2D eigenvalue weighted by molar-refractivity contribution is 5.80. The van der Waals surface area contributed by atoms with Gasteiger partial charge in [0, 0.05) is 46.2 Å². The average Bonchev–Trinajstić information content (AvgIpc) is 2.61. The fraction of sp³-hybridized carbons (Fsp3) is 0.850. The van der Waals surface area contributed by atoms with Gasteiger partial charge in [-0.1, -0.05) is 0 Å². The zero-order chi connectivity index (χ0) is 21.2. The van der Waals surface area contributed by atoms with Crippen LogP contribution in [0.15, 0.2) is 4.99 Å². The Kier molecular flexibility index (Phi) is 10.1. The Hall–Kier alpha value is -1.99. The van der Waals surface area contributed by atoms with Gasteiger partial charge in [-0.05, 0) is 53.4 Å². The molecule has 8 heteroatoms. The Bertz CT molecular complexity index is 522. The van der Waals surface area contributed by atoms with E-state index in [4.69, 9.17) is 4.74 Å². The third-order valence-corrected chi connectivity index (χ3v) is 4.51. The molecule has 0 radical (unpaired) electrons. The first-order valence-corrected chi connectivity index (χ1v) is 10.4. The maximum Gasteiger partial charge on any atom is 0.410 e. The van der Waals surface area contributed by atoms with E-state index >= 15 is 0 Å². The van der Waals surface area contributed by atoms with Crippen molar-refractivity contribution in [1.82, 2.24) is 20.4 Å². The van der Waals surface area contributed by atoms with Crippen LogP contribution in [0.2, 0.25) is 0 Å². The molecule has 0 aromatic carbocycles. The lowest BCUT2D eigenvalue weighted by atomic mass is 9.96. The molecule has 0 atom stereocenters. The number of piperidine rings is 1. The lowest BCUT2D eigenvalue weighted by Crippen LogP contribution is -2.48. The van der Waals surface area contributed by atoms with E-state index < -0.39 is 5.60 Å². The molecule has 1 fully saturated rings. The lowest BCUT2D eigenvalue weighted by Gasteiger charge is -2.36. The molecule has 0 aromatic rings. The molecular formula is C20H39N5O3. The van der Waals surface area contributed by atoms with Crippen molar-refractivity contribution in [2.45, 2.75) is 60.0 Å². The molecule has 2 N–H and O–H groups in total. The predicted molar refractivity (Wildman–Crippen MR) is 112 cm³/mol. The first kappa shape index (κ1) is 24.0. The molecule has 8 nitrogen and oxygen atoms in total. The van der Waals surface area contributed by atoms with Gasteiger partial charge in [0.05, 0.1) is 6.54 Å². The second-order valence-corrected chi connectivity index (χ2v) is 8.17. The highest BCUT2D eigenvalue weighted by atomic mass is 16.6. The number of rotatable bonds is 7. The van der Waals surface area contributed by atoms with Gasteiger partial charge >= 0.3 is 6.09 Å². The fourth-order valence-corrected chi connectivity index (χ4v) is 3.12. The molecule has 0 spiro atoms. The molecule has 2 amide bonds. The second kappa shape index (κ2) is 11.8. The van der Waals surface area contributed by atoms with Gasteiger partial charge in [0.1, 0.15) is 5.60 Å². The Morgan fingerprint density at radius 3 is 2.32 bits per heavy atom. The number of hydrogen-bond donors (Lipinski definition) is 2. The summed E-state index contributed by atoms with van der Waals surface area (Å²) in [4.78, 5) is 32.0. The molecule has 0 unspecified atom stereocenters. The molecule has 0 aliphatic carbocycles. The monoisotopic (exact) mass is 397 g/mol. The van der Waals surface area contributed by atoms with E-state index in [1.54, 1.807) is 4.90 Å². The smallest absolute Gasteiger partial charge is 0.410 e. The van der Waals surface area contributed by atoms with Gasteiger partial charge in [-0.2, -0.15) is 0 Å². The molecule has 0 aromatic heterocycles. The molecule has 28 heavy (non-hydrogen) atoms. The third kappa shape index (κ3) is 9.28. The quantitative estimate of drug-likeness (QED) is 0.390. The van der Waals surface area contributed by atoms with Gasteiger partial charge in [0.15, 0.2) is 5.96 Å². The number of likely N-dealkylation sites (tertiary alicyclic amines) is 1. The number of guanidine groups is 1. The van der Waals surface area contributed by atoms with Crippen LogP contribution in [0.3, 0.4) is 0 Å². The van der Waals surface area contributed by atoms with Crippen molar-refractivity contribution in [3.05, 3.63) is 0 Å². The normalized spacial score (nSPS) is 15.9. The Labute approximate surface area is 170 Å². The minimum Gasteiger partial charge on any atom is -0.444 e. The summed E-state index contributed by atoms with van der Waals surface area (Å²) in [5.41, 5.74) is -0.470. The van der Waals surface area contributed by atoms with Crippen molar-refractivity contribution < 1.29 is 14.3 Å². The van der Waals surface area contributed by atoms with Crippen molar-refractivity contribution in [2.75, 3.05) is 45.8 Å². The number of nitrogens with zero attached hydrogens (tertiary/aromatic N) is 3. The maximum absolute atomic E-state index is 12.4. The van der Waals surface area contributed by atoms with Gasteiger partial charge in [-0.3, -0.25) is 9.79 Å². The van der Waals surface area contributed by atoms with Gasteiger partial charge in [-0.15, -0.1) is 0 Å². The summed E-state index contributed by atoms with van der Waals surface area (Å²) >= 11 is 0. The van der Waals surface area contributed by atoms with Crippen LogP contribution in [0.1, 0.15) is 54.4 Å². The minimum absolute atomic E-state index is 0.0357. The van der Waals surface area contributed by atoms with Gasteiger partial charge < -0.3 is 25.2 Å². The van der Waals surface area contributed by atoms with E-state index in [0.717, 1.165) is 45.0 Å². The van der Waals surface area contributed by atoms with E-state index in [-0.39, 0.29) is 12.0 Å². The van der Waals surface area contributed by atoms with E-state index in [9.17, 15) is 9.59 Å². The third-order valence-electron chi connectivity index (χ3n) is 4.51. The summed E-state index contributed by atoms with van der Waals surface area (Å²) < 4.78 is 5.51. The summed E-state index contributed by atoms with van der Waals surface area (Å²) in [6, 6.07) is 0. The Morgan fingerprint density at radius 2 is 1.82 bits per heavy atom. The van der Waals surface area contributed by atoms with Crippen molar-refractivity contribution in [3.8, 4) is 0 Å². The lowest BCUT2D eigenvalue weighted by molar-refractivity contribution is -0.118. The van der Waals surface area contributed by atoms with Crippen LogP contribution in [0.4, 0.5) is 4.79 Å². The first-order valence-electron chi connectivity index (χ1n) is 10.4. The molecule has 0 saturated carbocycles. The van der Waals surface area contributed by atoms with E-state index in [0.29, 0.717) is 25.6 Å². The fourth-order valence-electron chi connectivity index (χ4n) is 3.12. The van der Waals surface area contributed by atoms with Gasteiger partial charge in [0.25, 0.3) is 0 Å².